The maximum Gasteiger partial charge on any atom is 0.469 e. The van der Waals surface area contributed by atoms with Crippen molar-refractivity contribution in [3.63, 3.8) is 0 Å². The number of phosphoric acid groups is 1. The van der Waals surface area contributed by atoms with Crippen LogP contribution in [0.5, 0.6) is 0 Å². The lowest BCUT2D eigenvalue weighted by atomic mass is 10.0. The van der Waals surface area contributed by atoms with Gasteiger partial charge < -0.3 is 20.2 Å². The van der Waals surface area contributed by atoms with Gasteiger partial charge in [0.1, 0.15) is 0 Å². The molecular weight excluding hydrogens is 742 g/mol. The van der Waals surface area contributed by atoms with Crippen molar-refractivity contribution in [3.05, 3.63) is 0 Å². The van der Waals surface area contributed by atoms with Crippen molar-refractivity contribution in [1.82, 2.24) is 5.32 Å². The lowest BCUT2D eigenvalue weighted by molar-refractivity contribution is -0.123. The topological polar surface area (TPSA) is 116 Å². The second-order valence-corrected chi connectivity index (χ2v) is 19.4. The van der Waals surface area contributed by atoms with Crippen LogP contribution >= 0.6 is 7.82 Å². The molecular formula is C50H102NO6P. The average molecular weight is 844 g/mol. The van der Waals surface area contributed by atoms with Crippen molar-refractivity contribution in [1.29, 1.82) is 0 Å². The molecule has 0 saturated carbocycles. The van der Waals surface area contributed by atoms with Crippen LogP contribution in [0, 0.1) is 0 Å². The van der Waals surface area contributed by atoms with Crippen molar-refractivity contribution in [2.24, 2.45) is 0 Å². The van der Waals surface area contributed by atoms with Gasteiger partial charge in [-0.05, 0) is 12.8 Å². The maximum absolute atomic E-state index is 12.7. The van der Waals surface area contributed by atoms with Crippen molar-refractivity contribution in [2.45, 2.75) is 309 Å². The van der Waals surface area contributed by atoms with Crippen LogP contribution in [0.25, 0.3) is 0 Å². The maximum atomic E-state index is 12.7. The summed E-state index contributed by atoms with van der Waals surface area (Å²) in [6.07, 6.45) is 55.6. The molecule has 0 saturated heterocycles. The van der Waals surface area contributed by atoms with Gasteiger partial charge >= 0.3 is 7.82 Å². The Balaban J connectivity index is 3.65. The molecule has 348 valence electrons. The van der Waals surface area contributed by atoms with E-state index in [1.54, 1.807) is 0 Å². The molecule has 0 aromatic rings. The summed E-state index contributed by atoms with van der Waals surface area (Å²) in [5.41, 5.74) is 0. The van der Waals surface area contributed by atoms with E-state index >= 15 is 0 Å². The Morgan fingerprint density at radius 3 is 0.931 bits per heavy atom. The first kappa shape index (κ1) is 57.5. The summed E-state index contributed by atoms with van der Waals surface area (Å²) in [6, 6.07) is -0.818. The Kier molecular flexibility index (Phi) is 45.7. The van der Waals surface area contributed by atoms with Crippen LogP contribution in [0.1, 0.15) is 296 Å². The van der Waals surface area contributed by atoms with Crippen LogP contribution < -0.4 is 5.32 Å². The second-order valence-electron chi connectivity index (χ2n) is 18.2. The van der Waals surface area contributed by atoms with E-state index in [-0.39, 0.29) is 5.91 Å². The van der Waals surface area contributed by atoms with Gasteiger partial charge in [0.2, 0.25) is 5.91 Å². The first-order valence-electron chi connectivity index (χ1n) is 26.0. The molecule has 0 spiro atoms. The van der Waals surface area contributed by atoms with Crippen molar-refractivity contribution in [2.75, 3.05) is 6.61 Å². The monoisotopic (exact) mass is 844 g/mol. The summed E-state index contributed by atoms with van der Waals surface area (Å²) < 4.78 is 16.0. The summed E-state index contributed by atoms with van der Waals surface area (Å²) in [6.45, 7) is 4.16. The normalized spacial score (nSPS) is 13.0. The van der Waals surface area contributed by atoms with Crippen LogP contribution in [0.3, 0.4) is 0 Å². The molecule has 0 heterocycles. The first-order chi connectivity index (χ1) is 28.3. The van der Waals surface area contributed by atoms with Crippen LogP contribution in [0.15, 0.2) is 0 Å². The van der Waals surface area contributed by atoms with Gasteiger partial charge in [0.05, 0.1) is 18.8 Å². The van der Waals surface area contributed by atoms with E-state index in [0.29, 0.717) is 12.8 Å². The number of aliphatic hydroxyl groups excluding tert-OH is 1. The number of phosphoric ester groups is 1. The van der Waals surface area contributed by atoms with E-state index in [1.165, 1.54) is 231 Å². The zero-order valence-corrected chi connectivity index (χ0v) is 39.9. The van der Waals surface area contributed by atoms with Gasteiger partial charge in [-0.1, -0.05) is 277 Å². The molecule has 0 aliphatic rings. The molecule has 0 aromatic carbocycles. The fraction of sp³-hybridized carbons (Fsp3) is 0.980. The molecule has 0 rings (SSSR count). The van der Waals surface area contributed by atoms with E-state index in [0.717, 1.165) is 38.5 Å². The van der Waals surface area contributed by atoms with Gasteiger partial charge in [0.15, 0.2) is 0 Å². The van der Waals surface area contributed by atoms with Crippen LogP contribution in [0.4, 0.5) is 0 Å². The summed E-state index contributed by atoms with van der Waals surface area (Å²) in [5, 5.41) is 13.6. The van der Waals surface area contributed by atoms with E-state index in [9.17, 15) is 24.3 Å². The highest BCUT2D eigenvalue weighted by molar-refractivity contribution is 7.46. The summed E-state index contributed by atoms with van der Waals surface area (Å²) in [7, 11) is -4.69. The van der Waals surface area contributed by atoms with E-state index in [2.05, 4.69) is 19.2 Å². The molecule has 0 unspecified atom stereocenters. The minimum Gasteiger partial charge on any atom is -0.391 e. The summed E-state index contributed by atoms with van der Waals surface area (Å²) >= 11 is 0. The number of unbranched alkanes of at least 4 members (excludes halogenated alkanes) is 40. The highest BCUT2D eigenvalue weighted by Gasteiger charge is 2.25. The molecule has 2 atom stereocenters. The van der Waals surface area contributed by atoms with Crippen molar-refractivity contribution in [3.8, 4) is 0 Å². The number of aliphatic hydroxyl groups is 1. The number of nitrogens with one attached hydrogen (secondary N) is 1. The zero-order chi connectivity index (χ0) is 42.5. The minimum atomic E-state index is -4.69. The largest absolute Gasteiger partial charge is 0.469 e. The molecule has 0 aliphatic heterocycles. The number of carbonyl (C=O) groups is 1. The Morgan fingerprint density at radius 2 is 0.672 bits per heavy atom. The summed E-state index contributed by atoms with van der Waals surface area (Å²) in [4.78, 5) is 31.0. The highest BCUT2D eigenvalue weighted by Crippen LogP contribution is 2.36. The van der Waals surface area contributed by atoms with Crippen molar-refractivity contribution < 1.29 is 28.8 Å². The molecule has 1 amide bonds. The smallest absolute Gasteiger partial charge is 0.391 e. The molecule has 0 aromatic heterocycles. The highest BCUT2D eigenvalue weighted by atomic mass is 31.2. The summed E-state index contributed by atoms with van der Waals surface area (Å²) in [5.74, 6) is -0.186. The minimum absolute atomic E-state index is 0.186. The fourth-order valence-electron chi connectivity index (χ4n) is 8.41. The number of hydrogen-bond acceptors (Lipinski definition) is 4. The fourth-order valence-corrected chi connectivity index (χ4v) is 8.76. The molecule has 58 heavy (non-hydrogen) atoms. The Bertz CT molecular complexity index is 869. The quantitative estimate of drug-likeness (QED) is 0.0358. The predicted octanol–water partition coefficient (Wildman–Crippen LogP) is 16.1. The predicted molar refractivity (Wildman–Crippen MR) is 250 cm³/mol. The lowest BCUT2D eigenvalue weighted by Crippen LogP contribution is -2.46. The Morgan fingerprint density at radius 1 is 0.431 bits per heavy atom. The molecule has 7 nitrogen and oxygen atoms in total. The van der Waals surface area contributed by atoms with Gasteiger partial charge in [0.25, 0.3) is 0 Å². The van der Waals surface area contributed by atoms with Gasteiger partial charge in [-0.15, -0.1) is 0 Å². The number of carbonyl (C=O) groups excluding carboxylic acids is 1. The third-order valence-corrected chi connectivity index (χ3v) is 12.8. The first-order valence-corrected chi connectivity index (χ1v) is 27.5. The van der Waals surface area contributed by atoms with Gasteiger partial charge in [-0.2, -0.15) is 0 Å². The molecule has 0 aliphatic carbocycles. The van der Waals surface area contributed by atoms with E-state index < -0.39 is 26.6 Å². The number of rotatable bonds is 49. The lowest BCUT2D eigenvalue weighted by Gasteiger charge is -2.24. The second kappa shape index (κ2) is 46.1. The van der Waals surface area contributed by atoms with E-state index in [1.807, 2.05) is 0 Å². The average Bonchev–Trinajstić information content (AvgIpc) is 3.20. The van der Waals surface area contributed by atoms with Gasteiger partial charge in [-0.25, -0.2) is 4.57 Å². The van der Waals surface area contributed by atoms with Gasteiger partial charge in [0, 0.05) is 6.42 Å². The number of amides is 1. The number of hydrogen-bond donors (Lipinski definition) is 4. The third kappa shape index (κ3) is 46.6. The molecule has 0 bridgehead atoms. The molecule has 0 fully saturated rings. The Labute approximate surface area is 361 Å². The van der Waals surface area contributed by atoms with Gasteiger partial charge in [-0.3, -0.25) is 9.32 Å². The van der Waals surface area contributed by atoms with Crippen LogP contribution in [-0.4, -0.2) is 39.6 Å². The Hall–Kier alpha value is -0.460. The third-order valence-electron chi connectivity index (χ3n) is 12.3. The molecule has 8 heteroatoms. The molecule has 4 N–H and O–H groups in total. The SMILES string of the molecule is CCCCCCCCCCCCCCCCCCCCCCCCCCCCCCCC(=O)N[C@@H](COP(=O)(O)O)[C@H](O)CCCCCCCCCCCCCCC. The van der Waals surface area contributed by atoms with E-state index in [4.69, 9.17) is 4.52 Å². The van der Waals surface area contributed by atoms with Crippen LogP contribution in [0.2, 0.25) is 0 Å². The standard InChI is InChI=1S/C50H102NO6P/c1-3-5-7-9-11-13-15-17-18-19-20-21-22-23-24-25-26-27-28-29-30-31-32-34-36-38-40-42-44-46-50(53)51-48(47-57-58(54,55)56)49(52)45-43-41-39-37-35-33-16-14-12-10-8-6-4-2/h48-49,52H,3-47H2,1-2H3,(H,51,53)(H2,54,55,56)/t48-,49+/m0/s1. The zero-order valence-electron chi connectivity index (χ0n) is 39.0. The molecule has 0 radical (unpaired) electrons. The van der Waals surface area contributed by atoms with Crippen molar-refractivity contribution >= 4 is 13.7 Å². The van der Waals surface area contributed by atoms with Crippen LogP contribution in [-0.2, 0) is 13.9 Å².